The number of quaternary nitrogens is 1. The Morgan fingerprint density at radius 1 is 0.486 bits per heavy atom. The van der Waals surface area contributed by atoms with Gasteiger partial charge < -0.3 is 85.9 Å². The van der Waals surface area contributed by atoms with Crippen molar-refractivity contribution >= 4 is 39.2 Å². The van der Waals surface area contributed by atoms with Crippen LogP contribution in [-0.2, 0) is 43.6 Å². The summed E-state index contributed by atoms with van der Waals surface area (Å²) < 4.78 is 120. The van der Waals surface area contributed by atoms with Crippen LogP contribution in [-0.4, -0.2) is 223 Å². The molecule has 0 saturated carbocycles. The summed E-state index contributed by atoms with van der Waals surface area (Å²) >= 11 is 0. The molecule has 0 aliphatic carbocycles. The average molecular weight is 1130 g/mol. The summed E-state index contributed by atoms with van der Waals surface area (Å²) in [4.78, 5) is 0. The first kappa shape index (κ1) is 78.2. The van der Waals surface area contributed by atoms with Crippen LogP contribution >= 0.6 is 0 Å². The fourth-order valence-electron chi connectivity index (χ4n) is 7.25. The summed E-state index contributed by atoms with van der Waals surface area (Å²) in [6.07, 6.45) is 20.2. The van der Waals surface area contributed by atoms with Gasteiger partial charge in [0, 0.05) is 32.1 Å². The minimum absolute atomic E-state index is 0. The third-order valence-corrected chi connectivity index (χ3v) is 16.8. The van der Waals surface area contributed by atoms with Crippen molar-refractivity contribution < 1.29 is 159 Å². The number of nitrogens with one attached hydrogen (secondary N) is 3. The van der Waals surface area contributed by atoms with E-state index in [1.165, 1.54) is 77.0 Å². The first-order valence-electron chi connectivity index (χ1n) is 23.8. The Labute approximate surface area is 472 Å². The van der Waals surface area contributed by atoms with Crippen LogP contribution in [0.2, 0.25) is 6.04 Å². The molecule has 0 bridgehead atoms. The zero-order valence-corrected chi connectivity index (χ0v) is 51.1. The second-order valence-corrected chi connectivity index (χ2v) is 26.1. The Kier molecular flexibility index (Phi) is 46.7. The third kappa shape index (κ3) is 39.1. The van der Waals surface area contributed by atoms with Crippen molar-refractivity contribution in [2.24, 2.45) is 0 Å². The molecule has 0 atom stereocenters. The van der Waals surface area contributed by atoms with Crippen molar-refractivity contribution in [1.29, 1.82) is 0 Å². The van der Waals surface area contributed by atoms with Gasteiger partial charge in [-0.3, -0.25) is 4.55 Å². The van der Waals surface area contributed by atoms with E-state index in [9.17, 15) is 69.6 Å². The molecule has 0 aromatic rings. The molecule has 10 N–H and O–H groups in total. The summed E-state index contributed by atoms with van der Waals surface area (Å²) in [5.74, 6) is -2.64. The molecule has 0 spiro atoms. The minimum Gasteiger partial charge on any atom is -1.00 e. The predicted molar refractivity (Wildman–Crippen MR) is 255 cm³/mol. The largest absolute Gasteiger partial charge is 1.00 e. The van der Waals surface area contributed by atoms with E-state index in [1.807, 2.05) is 14.1 Å². The van der Waals surface area contributed by atoms with Gasteiger partial charge >= 0.3 is 67.9 Å². The van der Waals surface area contributed by atoms with E-state index >= 15 is 0 Å². The average Bonchev–Trinajstić information content (AvgIpc) is 3.26. The van der Waals surface area contributed by atoms with Crippen molar-refractivity contribution in [1.82, 2.24) is 16.0 Å². The maximum absolute atomic E-state index is 11.5. The molecule has 0 radical (unpaired) electrons. The van der Waals surface area contributed by atoms with Crippen LogP contribution in [0, 0.1) is 0 Å². The Balaban J connectivity index is -0.00000726. The number of halogens is 1. The molecule has 0 aromatic carbocycles. The first-order chi connectivity index (χ1) is 31.4. The van der Waals surface area contributed by atoms with Gasteiger partial charge in [-0.2, -0.15) is 8.42 Å². The molecule has 0 saturated heterocycles. The van der Waals surface area contributed by atoms with Crippen LogP contribution in [0.25, 0.3) is 0 Å². The number of nitrogens with zero attached hydrogens (tertiary/aromatic N) is 1. The molecule has 29 heteroatoms. The molecule has 412 valence electrons. The van der Waals surface area contributed by atoms with E-state index in [-0.39, 0.29) is 77.6 Å². The standard InChI is InChI=1S/C41H90N4O18S3Si.ClH.2Na/c1-4-5-6-7-8-9-10-11-12-13-14-15-16-17-18-19-24-45(2,3)25-20-29-67(61-36-39(30-46,31-47)42-21-26-64(52,53)54,62-37-40(32-48,33-49)43-22-27-65(55,56)57)63-38-41(34-50,35-51)44-23-28-66(58,59)60;;;/h42-44,46-51H,4-38H2,1-3H3,(H2-,52,53,54,55,56,57,58,59,60);1H;;/q;;2*+1/p-2. The van der Waals surface area contributed by atoms with Crippen LogP contribution in [0.3, 0.4) is 0 Å². The van der Waals surface area contributed by atoms with Crippen molar-refractivity contribution in [3.05, 3.63) is 0 Å². The quantitative estimate of drug-likeness (QED) is 0.0117. The SMILES string of the molecule is CCCCCCCCCCCCCCCCCC[N+](C)(C)CCC[Si](OCC(CO)(CO)NCCS(=O)(=O)[O-])(OCC(CO)(CO)NCCS(=O)(=O)[O-])OCC(CO)(CO)NCCS(=O)(=O)O.[Cl-].[Na+].[Na+]. The van der Waals surface area contributed by atoms with Gasteiger partial charge in [-0.15, -0.1) is 0 Å². The van der Waals surface area contributed by atoms with Gasteiger partial charge in [-0.1, -0.05) is 96.8 Å². The van der Waals surface area contributed by atoms with Crippen molar-refractivity contribution in [3.8, 4) is 0 Å². The Bertz CT molecular complexity index is 1470. The summed E-state index contributed by atoms with van der Waals surface area (Å²) in [6.45, 7) is -5.12. The van der Waals surface area contributed by atoms with Crippen LogP contribution in [0.4, 0.5) is 0 Å². The monoisotopic (exact) mass is 1130 g/mol. The molecule has 0 rings (SSSR count). The minimum atomic E-state index is -4.73. The molecule has 0 heterocycles. The Morgan fingerprint density at radius 2 is 0.757 bits per heavy atom. The van der Waals surface area contributed by atoms with Gasteiger partial charge in [0.15, 0.2) is 0 Å². The molecule has 22 nitrogen and oxygen atoms in total. The van der Waals surface area contributed by atoms with Crippen LogP contribution in [0.5, 0.6) is 0 Å². The fourth-order valence-corrected chi connectivity index (χ4v) is 11.1. The number of aliphatic hydroxyl groups excluding tert-OH is 6. The maximum Gasteiger partial charge on any atom is 1.00 e. The van der Waals surface area contributed by atoms with Gasteiger partial charge in [0.1, 0.15) is 0 Å². The normalized spacial score (nSPS) is 13.2. The maximum atomic E-state index is 11.5. The molecular formula is C41H89ClN4Na2O18S3Si. The molecule has 70 heavy (non-hydrogen) atoms. The summed E-state index contributed by atoms with van der Waals surface area (Å²) in [5, 5.41) is 70.5. The fraction of sp³-hybridized carbons (Fsp3) is 1.00. The molecule has 0 unspecified atom stereocenters. The molecule has 0 fully saturated rings. The Hall–Kier alpha value is 1.72. The molecule has 0 aliphatic heterocycles. The van der Waals surface area contributed by atoms with Gasteiger partial charge in [0.25, 0.3) is 10.1 Å². The number of aliphatic hydroxyl groups is 6. The van der Waals surface area contributed by atoms with Crippen LogP contribution in [0.1, 0.15) is 116 Å². The van der Waals surface area contributed by atoms with Gasteiger partial charge in [-0.25, -0.2) is 16.8 Å². The van der Waals surface area contributed by atoms with E-state index in [1.54, 1.807) is 0 Å². The number of hydrogen-bond acceptors (Lipinski definition) is 20. The molecule has 0 aliphatic rings. The third-order valence-electron chi connectivity index (χ3n) is 11.9. The van der Waals surface area contributed by atoms with Crippen molar-refractivity contribution in [2.45, 2.75) is 139 Å². The zero-order chi connectivity index (χ0) is 51.0. The Morgan fingerprint density at radius 3 is 1.03 bits per heavy atom. The van der Waals surface area contributed by atoms with E-state index in [4.69, 9.17) is 13.3 Å². The second kappa shape index (κ2) is 41.8. The van der Waals surface area contributed by atoms with Gasteiger partial charge in [0.2, 0.25) is 0 Å². The summed E-state index contributed by atoms with van der Waals surface area (Å²) in [6, 6.07) is -0.0741. The first-order valence-corrected chi connectivity index (χ1v) is 30.5. The smallest absolute Gasteiger partial charge is 1.00 e. The van der Waals surface area contributed by atoms with Crippen molar-refractivity contribution in [3.63, 3.8) is 0 Å². The molecule has 0 aromatic heterocycles. The van der Waals surface area contributed by atoms with Crippen LogP contribution in [0.15, 0.2) is 0 Å². The van der Waals surface area contributed by atoms with E-state index in [0.717, 1.165) is 32.2 Å². The molecular weight excluding hydrogens is 1040 g/mol. The number of hydrogen-bond donors (Lipinski definition) is 10. The number of unbranched alkanes of at least 4 members (excludes halogenated alkanes) is 15. The van der Waals surface area contributed by atoms with E-state index in [0.29, 0.717) is 17.4 Å². The second-order valence-electron chi connectivity index (χ2n) is 18.7. The van der Waals surface area contributed by atoms with Gasteiger partial charge in [-0.05, 0) is 12.8 Å². The number of rotatable bonds is 48. The summed E-state index contributed by atoms with van der Waals surface area (Å²) in [7, 11) is -14.3. The van der Waals surface area contributed by atoms with Gasteiger partial charge in [0.05, 0.1) is 141 Å². The molecule has 0 amide bonds. The predicted octanol–water partition coefficient (Wildman–Crippen LogP) is -9.37. The van der Waals surface area contributed by atoms with Crippen LogP contribution < -0.4 is 87.5 Å². The van der Waals surface area contributed by atoms with E-state index < -0.39 is 152 Å². The topological polar surface area (TPSA) is 354 Å². The summed E-state index contributed by atoms with van der Waals surface area (Å²) in [5.41, 5.74) is -5.43. The zero-order valence-electron chi connectivity index (χ0n) is 42.9. The van der Waals surface area contributed by atoms with E-state index in [2.05, 4.69) is 22.9 Å². The van der Waals surface area contributed by atoms with Crippen molar-refractivity contribution in [2.75, 3.05) is 124 Å².